The van der Waals surface area contributed by atoms with Crippen molar-refractivity contribution in [2.75, 3.05) is 21.3 Å². The van der Waals surface area contributed by atoms with Crippen LogP contribution in [0.5, 0.6) is 17.2 Å². The van der Waals surface area contributed by atoms with Crippen molar-refractivity contribution >= 4 is 28.4 Å². The molecule has 0 aliphatic heterocycles. The number of benzene rings is 3. The number of rotatable bonds is 7. The van der Waals surface area contributed by atoms with Gasteiger partial charge in [-0.15, -0.1) is 11.3 Å². The summed E-state index contributed by atoms with van der Waals surface area (Å²) in [6, 6.07) is 18.5. The van der Waals surface area contributed by atoms with Gasteiger partial charge in [-0.2, -0.15) is 5.10 Å². The van der Waals surface area contributed by atoms with Gasteiger partial charge >= 0.3 is 0 Å². The Kier molecular flexibility index (Phi) is 7.74. The number of nitro benzene ring substituents is 1. The summed E-state index contributed by atoms with van der Waals surface area (Å²) in [4.78, 5) is 16.5. The highest BCUT2D eigenvalue weighted by molar-refractivity contribution is 7.07. The predicted octanol–water partition coefficient (Wildman–Crippen LogP) is 6.36. The molecule has 1 aliphatic carbocycles. The zero-order chi connectivity index (χ0) is 27.4. The topological polar surface area (TPSA) is 100 Å². The Morgan fingerprint density at radius 1 is 0.923 bits per heavy atom. The van der Waals surface area contributed by atoms with Crippen molar-refractivity contribution in [2.24, 2.45) is 10.1 Å². The Hall–Kier alpha value is -4.44. The molecule has 0 atom stereocenters. The van der Waals surface area contributed by atoms with Crippen LogP contribution in [-0.4, -0.2) is 36.6 Å². The number of hydrogen-bond acceptors (Lipinski definition) is 8. The standard InChI is InChI=1S/C29H28N4O5S/c1-36-26-16-20(17-27(37-2)28(26)38-3)25-18-39-29(30-23-14-8-9-15-24(23)33(34)35)32(25)31-22-13-7-5-11-19-10-4-6-12-21(19)22/h4,6,8-10,12,14-18H,5,7,11,13H2,1-3H3. The largest absolute Gasteiger partial charge is 0.493 e. The van der Waals surface area contributed by atoms with E-state index in [2.05, 4.69) is 18.2 Å². The number of ether oxygens (including phenoxy) is 3. The van der Waals surface area contributed by atoms with Gasteiger partial charge in [-0.25, -0.2) is 9.67 Å². The first-order chi connectivity index (χ1) is 19.0. The summed E-state index contributed by atoms with van der Waals surface area (Å²) in [7, 11) is 4.70. The molecular formula is C29H28N4O5S. The molecule has 0 spiro atoms. The maximum atomic E-state index is 11.7. The van der Waals surface area contributed by atoms with E-state index >= 15 is 0 Å². The quantitative estimate of drug-likeness (QED) is 0.153. The monoisotopic (exact) mass is 544 g/mol. The van der Waals surface area contributed by atoms with Gasteiger partial charge < -0.3 is 14.2 Å². The fraction of sp³-hybridized carbons (Fsp3) is 0.241. The molecule has 0 amide bonds. The second-order valence-corrected chi connectivity index (χ2v) is 9.73. The summed E-state index contributed by atoms with van der Waals surface area (Å²) < 4.78 is 18.5. The molecule has 0 radical (unpaired) electrons. The molecule has 39 heavy (non-hydrogen) atoms. The molecule has 1 aliphatic rings. The Balaban J connectivity index is 1.78. The Morgan fingerprint density at radius 2 is 1.62 bits per heavy atom. The Labute approximate surface area is 229 Å². The second kappa shape index (κ2) is 11.5. The van der Waals surface area contributed by atoms with Gasteiger partial charge in [0.05, 0.1) is 37.7 Å². The zero-order valence-corrected chi connectivity index (χ0v) is 22.7. The molecule has 10 heteroatoms. The molecule has 0 N–H and O–H groups in total. The summed E-state index contributed by atoms with van der Waals surface area (Å²) in [6.45, 7) is 0. The highest BCUT2D eigenvalue weighted by Crippen LogP contribution is 2.41. The van der Waals surface area contributed by atoms with Crippen molar-refractivity contribution in [3.63, 3.8) is 0 Å². The SMILES string of the molecule is COc1cc(-c2csc(=Nc3ccccc3[N+](=O)[O-])n2N=C2CCCCc3ccccc32)cc(OC)c1OC. The average Bonchev–Trinajstić information content (AvgIpc) is 3.23. The third kappa shape index (κ3) is 5.28. The van der Waals surface area contributed by atoms with Crippen LogP contribution in [0.15, 0.2) is 76.1 Å². The highest BCUT2D eigenvalue weighted by atomic mass is 32.1. The number of fused-ring (bicyclic) bond motifs is 1. The van der Waals surface area contributed by atoms with Crippen molar-refractivity contribution < 1.29 is 19.1 Å². The lowest BCUT2D eigenvalue weighted by molar-refractivity contribution is -0.384. The van der Waals surface area contributed by atoms with Gasteiger partial charge in [0.15, 0.2) is 11.5 Å². The van der Waals surface area contributed by atoms with Crippen molar-refractivity contribution in [2.45, 2.75) is 25.7 Å². The number of hydrogen-bond donors (Lipinski definition) is 0. The summed E-state index contributed by atoms with van der Waals surface area (Å²) in [5.74, 6) is 1.50. The van der Waals surface area contributed by atoms with E-state index in [1.54, 1.807) is 44.2 Å². The van der Waals surface area contributed by atoms with E-state index in [0.717, 1.165) is 48.2 Å². The van der Waals surface area contributed by atoms with E-state index in [-0.39, 0.29) is 11.4 Å². The number of aromatic nitrogens is 1. The predicted molar refractivity (Wildman–Crippen MR) is 152 cm³/mol. The summed E-state index contributed by atoms with van der Waals surface area (Å²) in [5.41, 5.74) is 5.02. The highest BCUT2D eigenvalue weighted by Gasteiger charge is 2.20. The lowest BCUT2D eigenvalue weighted by Crippen LogP contribution is -2.15. The first-order valence-electron chi connectivity index (χ1n) is 12.5. The van der Waals surface area contributed by atoms with Crippen LogP contribution >= 0.6 is 11.3 Å². The number of thiazole rings is 1. The van der Waals surface area contributed by atoms with Gasteiger partial charge in [0.1, 0.15) is 5.69 Å². The van der Waals surface area contributed by atoms with Gasteiger partial charge in [0, 0.05) is 22.6 Å². The minimum atomic E-state index is -0.426. The van der Waals surface area contributed by atoms with Crippen LogP contribution in [0.2, 0.25) is 0 Å². The third-order valence-corrected chi connectivity index (χ3v) is 7.42. The van der Waals surface area contributed by atoms with E-state index in [9.17, 15) is 10.1 Å². The van der Waals surface area contributed by atoms with Crippen LogP contribution < -0.4 is 19.0 Å². The molecule has 1 aromatic heterocycles. The maximum Gasteiger partial charge on any atom is 0.294 e. The lowest BCUT2D eigenvalue weighted by atomic mass is 10.0. The summed E-state index contributed by atoms with van der Waals surface area (Å²) >= 11 is 1.35. The number of para-hydroxylation sites is 2. The normalized spacial score (nSPS) is 14.5. The van der Waals surface area contributed by atoms with Crippen molar-refractivity contribution in [1.29, 1.82) is 0 Å². The molecule has 0 bridgehead atoms. The number of nitro groups is 1. The van der Waals surface area contributed by atoms with Crippen LogP contribution in [0.4, 0.5) is 11.4 Å². The average molecular weight is 545 g/mol. The van der Waals surface area contributed by atoms with Crippen LogP contribution in [0.25, 0.3) is 11.3 Å². The first-order valence-corrected chi connectivity index (χ1v) is 13.4. The fourth-order valence-electron chi connectivity index (χ4n) is 4.70. The van der Waals surface area contributed by atoms with Gasteiger partial charge in [0.2, 0.25) is 10.6 Å². The van der Waals surface area contributed by atoms with Crippen LogP contribution in [0.1, 0.15) is 30.4 Å². The minimum Gasteiger partial charge on any atom is -0.493 e. The summed E-state index contributed by atoms with van der Waals surface area (Å²) in [5, 5.41) is 18.8. The number of aryl methyl sites for hydroxylation is 1. The molecule has 3 aromatic carbocycles. The molecule has 4 aromatic rings. The molecule has 9 nitrogen and oxygen atoms in total. The first kappa shape index (κ1) is 26.2. The van der Waals surface area contributed by atoms with Crippen molar-refractivity contribution in [1.82, 2.24) is 4.68 Å². The molecule has 0 unspecified atom stereocenters. The zero-order valence-electron chi connectivity index (χ0n) is 21.9. The van der Waals surface area contributed by atoms with E-state index < -0.39 is 4.92 Å². The van der Waals surface area contributed by atoms with E-state index in [1.807, 2.05) is 23.6 Å². The summed E-state index contributed by atoms with van der Waals surface area (Å²) in [6.07, 6.45) is 3.89. The molecule has 200 valence electrons. The minimum absolute atomic E-state index is 0.0701. The Bertz CT molecular complexity index is 1600. The maximum absolute atomic E-state index is 11.7. The third-order valence-electron chi connectivity index (χ3n) is 6.60. The fourth-order valence-corrected chi connectivity index (χ4v) is 5.55. The molecule has 5 rings (SSSR count). The Morgan fingerprint density at radius 3 is 2.33 bits per heavy atom. The molecular weight excluding hydrogens is 516 g/mol. The van der Waals surface area contributed by atoms with Gasteiger partial charge in [-0.3, -0.25) is 10.1 Å². The van der Waals surface area contributed by atoms with E-state index in [0.29, 0.717) is 22.0 Å². The van der Waals surface area contributed by atoms with Crippen molar-refractivity contribution in [3.8, 4) is 28.5 Å². The van der Waals surface area contributed by atoms with Crippen LogP contribution in [-0.2, 0) is 6.42 Å². The second-order valence-electron chi connectivity index (χ2n) is 8.90. The number of methoxy groups -OCH3 is 3. The van der Waals surface area contributed by atoms with Crippen LogP contribution in [0.3, 0.4) is 0 Å². The van der Waals surface area contributed by atoms with Gasteiger partial charge in [0.25, 0.3) is 5.69 Å². The van der Waals surface area contributed by atoms with Gasteiger partial charge in [-0.05, 0) is 49.4 Å². The molecule has 0 fully saturated rings. The molecule has 0 saturated carbocycles. The molecule has 0 saturated heterocycles. The van der Waals surface area contributed by atoms with E-state index in [4.69, 9.17) is 24.3 Å². The molecule has 1 heterocycles. The van der Waals surface area contributed by atoms with Crippen molar-refractivity contribution in [3.05, 3.63) is 92.1 Å². The number of nitrogens with zero attached hydrogens (tertiary/aromatic N) is 4. The van der Waals surface area contributed by atoms with Crippen LogP contribution in [0, 0.1) is 10.1 Å². The smallest absolute Gasteiger partial charge is 0.294 e. The van der Waals surface area contributed by atoms with E-state index in [1.165, 1.54) is 23.0 Å². The lowest BCUT2D eigenvalue weighted by Gasteiger charge is -2.15. The van der Waals surface area contributed by atoms with Gasteiger partial charge in [-0.1, -0.05) is 36.4 Å².